The fourth-order valence-electron chi connectivity index (χ4n) is 2.36. The van der Waals surface area contributed by atoms with Gasteiger partial charge in [0, 0.05) is 5.02 Å². The van der Waals surface area contributed by atoms with Crippen LogP contribution in [0, 0.1) is 6.92 Å². The van der Waals surface area contributed by atoms with Crippen molar-refractivity contribution in [1.82, 2.24) is 5.32 Å². The van der Waals surface area contributed by atoms with E-state index in [4.69, 9.17) is 16.3 Å². The molecule has 23 heavy (non-hydrogen) atoms. The van der Waals surface area contributed by atoms with Gasteiger partial charge in [0.25, 0.3) is 5.24 Å². The number of amides is 2. The molecule has 0 bridgehead atoms. The molecule has 1 atom stereocenters. The highest BCUT2D eigenvalue weighted by atomic mass is 35.5. The van der Waals surface area contributed by atoms with Crippen LogP contribution in [0.15, 0.2) is 42.5 Å². The third-order valence-electron chi connectivity index (χ3n) is 3.47. The highest BCUT2D eigenvalue weighted by Crippen LogP contribution is 2.34. The smallest absolute Gasteiger partial charge is 0.286 e. The molecule has 1 unspecified atom stereocenters. The minimum absolute atomic E-state index is 0.272. The molecule has 2 aromatic rings. The second-order valence-corrected chi connectivity index (χ2v) is 6.73. The number of hydrogen-bond acceptors (Lipinski definition) is 4. The third-order valence-corrected chi connectivity index (χ3v) is 4.75. The highest BCUT2D eigenvalue weighted by molar-refractivity contribution is 8.15. The number of rotatable bonds is 4. The molecule has 1 aliphatic rings. The molecule has 2 amide bonds. The second-order valence-electron chi connectivity index (χ2n) is 5.22. The molecule has 0 aliphatic carbocycles. The number of carbonyl (C=O) groups excluding carboxylic acids is 2. The maximum atomic E-state index is 11.8. The van der Waals surface area contributed by atoms with E-state index < -0.39 is 5.25 Å². The van der Waals surface area contributed by atoms with Crippen molar-refractivity contribution in [2.24, 2.45) is 0 Å². The summed E-state index contributed by atoms with van der Waals surface area (Å²) in [5, 5.41) is 2.18. The molecule has 6 heteroatoms. The van der Waals surface area contributed by atoms with E-state index in [1.54, 1.807) is 6.07 Å². The Balaban J connectivity index is 1.73. The summed E-state index contributed by atoms with van der Waals surface area (Å²) in [6.07, 6.45) is 0. The fraction of sp³-hybridized carbons (Fsp3) is 0.176. The van der Waals surface area contributed by atoms with E-state index in [1.165, 1.54) is 0 Å². The van der Waals surface area contributed by atoms with E-state index >= 15 is 0 Å². The van der Waals surface area contributed by atoms with E-state index in [0.29, 0.717) is 11.6 Å². The van der Waals surface area contributed by atoms with Crippen LogP contribution in [0.5, 0.6) is 5.75 Å². The van der Waals surface area contributed by atoms with Crippen LogP contribution in [0.1, 0.15) is 21.9 Å². The second kappa shape index (κ2) is 6.64. The summed E-state index contributed by atoms with van der Waals surface area (Å²) in [7, 11) is 0. The zero-order valence-electron chi connectivity index (χ0n) is 12.3. The molecule has 1 aliphatic heterocycles. The summed E-state index contributed by atoms with van der Waals surface area (Å²) < 4.78 is 5.81. The summed E-state index contributed by atoms with van der Waals surface area (Å²) in [5.74, 6) is 0.495. The number of thioether (sulfide) groups is 1. The zero-order valence-corrected chi connectivity index (χ0v) is 13.9. The number of benzene rings is 2. The molecule has 1 saturated heterocycles. The van der Waals surface area contributed by atoms with Crippen molar-refractivity contribution in [2.75, 3.05) is 0 Å². The average Bonchev–Trinajstić information content (AvgIpc) is 2.85. The molecule has 0 spiro atoms. The van der Waals surface area contributed by atoms with E-state index in [2.05, 4.69) is 5.32 Å². The van der Waals surface area contributed by atoms with Crippen molar-refractivity contribution in [3.8, 4) is 5.75 Å². The van der Waals surface area contributed by atoms with Gasteiger partial charge in [-0.15, -0.1) is 0 Å². The Morgan fingerprint density at radius 1 is 1.22 bits per heavy atom. The number of aryl methyl sites for hydroxylation is 1. The van der Waals surface area contributed by atoms with Crippen molar-refractivity contribution < 1.29 is 14.3 Å². The third kappa shape index (κ3) is 3.68. The lowest BCUT2D eigenvalue weighted by atomic mass is 10.1. The Hall–Kier alpha value is -1.98. The molecular formula is C17H14ClNO3S. The molecule has 4 nitrogen and oxygen atoms in total. The van der Waals surface area contributed by atoms with Crippen LogP contribution in [-0.2, 0) is 11.4 Å². The van der Waals surface area contributed by atoms with Crippen molar-refractivity contribution in [3.63, 3.8) is 0 Å². The topological polar surface area (TPSA) is 55.4 Å². The number of carbonyl (C=O) groups is 2. The van der Waals surface area contributed by atoms with Crippen LogP contribution >= 0.6 is 23.4 Å². The van der Waals surface area contributed by atoms with Gasteiger partial charge >= 0.3 is 0 Å². The predicted octanol–water partition coefficient (Wildman–Crippen LogP) is 4.25. The van der Waals surface area contributed by atoms with Crippen molar-refractivity contribution in [3.05, 3.63) is 64.2 Å². The summed E-state index contributed by atoms with van der Waals surface area (Å²) in [4.78, 5) is 23.0. The summed E-state index contributed by atoms with van der Waals surface area (Å²) >= 11 is 6.93. The largest absolute Gasteiger partial charge is 0.489 e. The number of imide groups is 1. The van der Waals surface area contributed by atoms with Gasteiger partial charge < -0.3 is 4.74 Å². The summed E-state index contributed by atoms with van der Waals surface area (Å²) in [6, 6.07) is 13.0. The standard InChI is InChI=1S/C17H14ClNO3S/c1-10-7-13(18)5-6-14(10)22-9-11-3-2-4-12(8-11)15-16(20)19-17(21)23-15/h2-8,15H,9H2,1H3,(H,19,20,21). The van der Waals surface area contributed by atoms with Gasteiger partial charge in [0.2, 0.25) is 5.91 Å². The van der Waals surface area contributed by atoms with Crippen molar-refractivity contribution in [1.29, 1.82) is 0 Å². The normalized spacial score (nSPS) is 17.2. The van der Waals surface area contributed by atoms with Crippen LogP contribution in [0.3, 0.4) is 0 Å². The SMILES string of the molecule is Cc1cc(Cl)ccc1OCc1cccc(C2SC(=O)NC2=O)c1. The van der Waals surface area contributed by atoms with Crippen molar-refractivity contribution >= 4 is 34.5 Å². The minimum atomic E-state index is -0.486. The number of hydrogen-bond donors (Lipinski definition) is 1. The quantitative estimate of drug-likeness (QED) is 0.898. The van der Waals surface area contributed by atoms with Gasteiger partial charge in [0.15, 0.2) is 0 Å². The summed E-state index contributed by atoms with van der Waals surface area (Å²) in [5.41, 5.74) is 2.70. The molecule has 1 N–H and O–H groups in total. The van der Waals surface area contributed by atoms with Gasteiger partial charge in [0.05, 0.1) is 0 Å². The lowest BCUT2D eigenvalue weighted by Gasteiger charge is -2.11. The van der Waals surface area contributed by atoms with E-state index in [1.807, 2.05) is 43.3 Å². The van der Waals surface area contributed by atoms with Gasteiger partial charge in [0.1, 0.15) is 17.6 Å². The van der Waals surface area contributed by atoms with E-state index in [0.717, 1.165) is 34.2 Å². The molecular weight excluding hydrogens is 334 g/mol. The minimum Gasteiger partial charge on any atom is -0.489 e. The average molecular weight is 348 g/mol. The van der Waals surface area contributed by atoms with Gasteiger partial charge in [-0.1, -0.05) is 35.9 Å². The Morgan fingerprint density at radius 3 is 2.74 bits per heavy atom. The predicted molar refractivity (Wildman–Crippen MR) is 90.8 cm³/mol. The van der Waals surface area contributed by atoms with Gasteiger partial charge in [-0.2, -0.15) is 0 Å². The molecule has 2 aromatic carbocycles. The van der Waals surface area contributed by atoms with E-state index in [-0.39, 0.29) is 11.1 Å². The monoisotopic (exact) mass is 347 g/mol. The Morgan fingerprint density at radius 2 is 2.04 bits per heavy atom. The molecule has 0 radical (unpaired) electrons. The molecule has 1 fully saturated rings. The molecule has 0 saturated carbocycles. The van der Waals surface area contributed by atoms with Crippen LogP contribution < -0.4 is 10.1 Å². The first-order chi connectivity index (χ1) is 11.0. The molecule has 0 aromatic heterocycles. The maximum Gasteiger partial charge on any atom is 0.286 e. The number of nitrogens with one attached hydrogen (secondary N) is 1. The van der Waals surface area contributed by atoms with Gasteiger partial charge in [-0.05, 0) is 53.6 Å². The maximum absolute atomic E-state index is 11.8. The number of ether oxygens (including phenoxy) is 1. The first kappa shape index (κ1) is 15.9. The highest BCUT2D eigenvalue weighted by Gasteiger charge is 2.32. The van der Waals surface area contributed by atoms with Crippen molar-refractivity contribution in [2.45, 2.75) is 18.8 Å². The zero-order chi connectivity index (χ0) is 16.4. The van der Waals surface area contributed by atoms with Crippen LogP contribution in [-0.4, -0.2) is 11.1 Å². The Labute approximate surface area is 143 Å². The lowest BCUT2D eigenvalue weighted by Crippen LogP contribution is -2.20. The fourth-order valence-corrected chi connectivity index (χ4v) is 3.41. The first-order valence-corrected chi connectivity index (χ1v) is 8.28. The van der Waals surface area contributed by atoms with Gasteiger partial charge in [-0.25, -0.2) is 0 Å². The lowest BCUT2D eigenvalue weighted by molar-refractivity contribution is -0.119. The van der Waals surface area contributed by atoms with E-state index in [9.17, 15) is 9.59 Å². The molecule has 1 heterocycles. The van der Waals surface area contributed by atoms with Crippen LogP contribution in [0.2, 0.25) is 5.02 Å². The molecule has 118 valence electrons. The van der Waals surface area contributed by atoms with Crippen LogP contribution in [0.25, 0.3) is 0 Å². The Kier molecular flexibility index (Phi) is 4.59. The number of halogens is 1. The first-order valence-electron chi connectivity index (χ1n) is 7.02. The van der Waals surface area contributed by atoms with Gasteiger partial charge in [-0.3, -0.25) is 14.9 Å². The Bertz CT molecular complexity index is 778. The summed E-state index contributed by atoms with van der Waals surface area (Å²) in [6.45, 7) is 2.31. The van der Waals surface area contributed by atoms with Crippen LogP contribution in [0.4, 0.5) is 4.79 Å². The molecule has 3 rings (SSSR count).